The number of aliphatic hydroxyl groups excluding tert-OH is 1. The highest BCUT2D eigenvalue weighted by Gasteiger charge is 2.32. The second-order valence-corrected chi connectivity index (χ2v) is 6.09. The van der Waals surface area contributed by atoms with Crippen molar-refractivity contribution in [3.8, 4) is 0 Å². The minimum absolute atomic E-state index is 0.152. The normalized spacial score (nSPS) is 19.7. The Bertz CT molecular complexity index is 897. The molecule has 3 aromatic rings. The molecule has 2 aromatic carbocycles. The number of carbonyl (C=O) groups is 1. The lowest BCUT2D eigenvalue weighted by molar-refractivity contribution is 0.0859. The second kappa shape index (κ2) is 5.25. The van der Waals surface area contributed by atoms with E-state index in [4.69, 9.17) is 0 Å². The van der Waals surface area contributed by atoms with Gasteiger partial charge in [-0.05, 0) is 24.1 Å². The van der Waals surface area contributed by atoms with Gasteiger partial charge in [0, 0.05) is 23.0 Å². The van der Waals surface area contributed by atoms with Crippen LogP contribution in [0.15, 0.2) is 48.5 Å². The molecule has 4 heteroatoms. The summed E-state index contributed by atoms with van der Waals surface area (Å²) in [5.41, 5.74) is 4.54. The number of rotatable bonds is 2. The van der Waals surface area contributed by atoms with Gasteiger partial charge < -0.3 is 15.4 Å². The summed E-state index contributed by atoms with van der Waals surface area (Å²) in [6.45, 7) is 1.90. The lowest BCUT2D eigenvalue weighted by Gasteiger charge is -2.18. The average Bonchev–Trinajstić information content (AvgIpc) is 3.04. The zero-order chi connectivity index (χ0) is 16.0. The van der Waals surface area contributed by atoms with Crippen molar-refractivity contribution in [2.45, 2.75) is 25.5 Å². The maximum Gasteiger partial charge on any atom is 0.254 e. The van der Waals surface area contributed by atoms with E-state index in [0.717, 1.165) is 27.7 Å². The molecule has 2 atom stereocenters. The number of H-pyrrole nitrogens is 1. The highest BCUT2D eigenvalue weighted by Crippen LogP contribution is 2.32. The molecule has 1 amide bonds. The van der Waals surface area contributed by atoms with Crippen LogP contribution in [-0.2, 0) is 6.42 Å². The summed E-state index contributed by atoms with van der Waals surface area (Å²) >= 11 is 0. The molecule has 0 aliphatic heterocycles. The number of aromatic amines is 1. The lowest BCUT2D eigenvalue weighted by Crippen LogP contribution is -2.34. The van der Waals surface area contributed by atoms with Crippen LogP contribution >= 0.6 is 0 Å². The van der Waals surface area contributed by atoms with Gasteiger partial charge in [0.25, 0.3) is 5.91 Å². The summed E-state index contributed by atoms with van der Waals surface area (Å²) in [6, 6.07) is 15.3. The highest BCUT2D eigenvalue weighted by atomic mass is 16.3. The zero-order valence-corrected chi connectivity index (χ0v) is 12.8. The summed E-state index contributed by atoms with van der Waals surface area (Å²) in [5.74, 6) is -0.152. The van der Waals surface area contributed by atoms with Crippen molar-refractivity contribution < 1.29 is 9.90 Å². The van der Waals surface area contributed by atoms with Gasteiger partial charge in [-0.3, -0.25) is 4.79 Å². The van der Waals surface area contributed by atoms with Crippen LogP contribution in [-0.4, -0.2) is 22.1 Å². The van der Waals surface area contributed by atoms with E-state index in [1.54, 1.807) is 0 Å². The molecule has 0 fully saturated rings. The maximum absolute atomic E-state index is 12.8. The van der Waals surface area contributed by atoms with Crippen molar-refractivity contribution in [1.82, 2.24) is 10.3 Å². The van der Waals surface area contributed by atoms with E-state index in [1.165, 1.54) is 0 Å². The molecule has 0 bridgehead atoms. The molecule has 2 unspecified atom stereocenters. The third-order valence-electron chi connectivity index (χ3n) is 4.61. The smallest absolute Gasteiger partial charge is 0.254 e. The quantitative estimate of drug-likeness (QED) is 0.681. The largest absolute Gasteiger partial charge is 0.390 e. The van der Waals surface area contributed by atoms with E-state index < -0.39 is 6.10 Å². The number of para-hydroxylation sites is 1. The minimum Gasteiger partial charge on any atom is -0.390 e. The Hall–Kier alpha value is -2.59. The van der Waals surface area contributed by atoms with Crippen LogP contribution in [0.3, 0.4) is 0 Å². The molecule has 0 radical (unpaired) electrons. The van der Waals surface area contributed by atoms with Gasteiger partial charge >= 0.3 is 0 Å². The van der Waals surface area contributed by atoms with Crippen molar-refractivity contribution in [1.29, 1.82) is 0 Å². The fourth-order valence-corrected chi connectivity index (χ4v) is 3.53. The number of nitrogens with one attached hydrogen (secondary N) is 2. The van der Waals surface area contributed by atoms with Gasteiger partial charge in [-0.1, -0.05) is 42.5 Å². The number of aromatic nitrogens is 1. The van der Waals surface area contributed by atoms with E-state index in [2.05, 4.69) is 10.3 Å². The Morgan fingerprint density at radius 3 is 2.78 bits per heavy atom. The van der Waals surface area contributed by atoms with Gasteiger partial charge in [0.2, 0.25) is 0 Å². The van der Waals surface area contributed by atoms with Crippen LogP contribution in [0.4, 0.5) is 0 Å². The van der Waals surface area contributed by atoms with Crippen molar-refractivity contribution in [2.24, 2.45) is 0 Å². The third kappa shape index (κ3) is 2.23. The van der Waals surface area contributed by atoms with Crippen molar-refractivity contribution in [2.75, 3.05) is 0 Å². The number of benzene rings is 2. The molecule has 1 aliphatic carbocycles. The van der Waals surface area contributed by atoms with Crippen LogP contribution in [0, 0.1) is 6.92 Å². The monoisotopic (exact) mass is 306 g/mol. The van der Waals surface area contributed by atoms with Crippen LogP contribution in [0.2, 0.25) is 0 Å². The first-order valence-corrected chi connectivity index (χ1v) is 7.79. The molecule has 1 heterocycles. The van der Waals surface area contributed by atoms with Crippen LogP contribution in [0.1, 0.15) is 33.2 Å². The molecule has 0 spiro atoms. The second-order valence-electron chi connectivity index (χ2n) is 6.09. The zero-order valence-electron chi connectivity index (χ0n) is 12.8. The summed E-state index contributed by atoms with van der Waals surface area (Å²) in [5, 5.41) is 14.2. The van der Waals surface area contributed by atoms with Crippen LogP contribution < -0.4 is 5.32 Å². The predicted octanol–water partition coefficient (Wildman–Crippen LogP) is 2.86. The van der Waals surface area contributed by atoms with Gasteiger partial charge in [-0.15, -0.1) is 0 Å². The van der Waals surface area contributed by atoms with Crippen LogP contribution in [0.25, 0.3) is 10.9 Å². The maximum atomic E-state index is 12.8. The molecule has 116 valence electrons. The number of amides is 1. The minimum atomic E-state index is -0.582. The summed E-state index contributed by atoms with van der Waals surface area (Å²) < 4.78 is 0. The first-order chi connectivity index (χ1) is 11.1. The lowest BCUT2D eigenvalue weighted by atomic mass is 10.1. The SMILES string of the molecule is Cc1[nH]c2ccccc2c1C(=O)NC1c2ccccc2CC1O. The predicted molar refractivity (Wildman–Crippen MR) is 89.4 cm³/mol. The first kappa shape index (κ1) is 14.0. The van der Waals surface area contributed by atoms with Gasteiger partial charge in [-0.25, -0.2) is 0 Å². The Balaban J connectivity index is 1.69. The molecule has 1 aliphatic rings. The van der Waals surface area contributed by atoms with Crippen LogP contribution in [0.5, 0.6) is 0 Å². The summed E-state index contributed by atoms with van der Waals surface area (Å²) in [4.78, 5) is 16.0. The van der Waals surface area contributed by atoms with Crippen molar-refractivity contribution >= 4 is 16.8 Å². The first-order valence-electron chi connectivity index (χ1n) is 7.79. The molecule has 1 aromatic heterocycles. The molecule has 4 rings (SSSR count). The molecule has 0 saturated carbocycles. The number of hydrogen-bond donors (Lipinski definition) is 3. The van der Waals surface area contributed by atoms with E-state index >= 15 is 0 Å². The van der Waals surface area contributed by atoms with Gasteiger partial charge in [0.15, 0.2) is 0 Å². The summed E-state index contributed by atoms with van der Waals surface area (Å²) in [6.07, 6.45) is -0.00424. The Labute approximate surface area is 134 Å². The Morgan fingerprint density at radius 2 is 1.91 bits per heavy atom. The molecule has 0 saturated heterocycles. The molecule has 3 N–H and O–H groups in total. The standard InChI is InChI=1S/C19H18N2O2/c1-11-17(14-8-4-5-9-15(14)20-11)19(23)21-18-13-7-3-2-6-12(13)10-16(18)22/h2-9,16,18,20,22H,10H2,1H3,(H,21,23). The Morgan fingerprint density at radius 1 is 1.17 bits per heavy atom. The van der Waals surface area contributed by atoms with Gasteiger partial charge in [-0.2, -0.15) is 0 Å². The number of aliphatic hydroxyl groups is 1. The van der Waals surface area contributed by atoms with E-state index in [9.17, 15) is 9.90 Å². The fraction of sp³-hybridized carbons (Fsp3) is 0.211. The summed E-state index contributed by atoms with van der Waals surface area (Å²) in [7, 11) is 0. The Kier molecular flexibility index (Phi) is 3.20. The van der Waals surface area contributed by atoms with Crippen molar-refractivity contribution in [3.63, 3.8) is 0 Å². The topological polar surface area (TPSA) is 65.1 Å². The number of carbonyl (C=O) groups excluding carboxylic acids is 1. The molecular formula is C19H18N2O2. The fourth-order valence-electron chi connectivity index (χ4n) is 3.53. The van der Waals surface area contributed by atoms with E-state index in [0.29, 0.717) is 12.0 Å². The highest BCUT2D eigenvalue weighted by molar-refractivity contribution is 6.08. The average molecular weight is 306 g/mol. The third-order valence-corrected chi connectivity index (χ3v) is 4.61. The number of fused-ring (bicyclic) bond motifs is 2. The molecular weight excluding hydrogens is 288 g/mol. The van der Waals surface area contributed by atoms with Crippen molar-refractivity contribution in [3.05, 3.63) is 70.9 Å². The number of aryl methyl sites for hydroxylation is 1. The van der Waals surface area contributed by atoms with E-state index in [1.807, 2.05) is 55.5 Å². The molecule has 4 nitrogen and oxygen atoms in total. The number of hydrogen-bond acceptors (Lipinski definition) is 2. The van der Waals surface area contributed by atoms with Gasteiger partial charge in [0.05, 0.1) is 17.7 Å². The molecule has 23 heavy (non-hydrogen) atoms. The van der Waals surface area contributed by atoms with E-state index in [-0.39, 0.29) is 11.9 Å². The van der Waals surface area contributed by atoms with Gasteiger partial charge in [0.1, 0.15) is 0 Å².